The average Bonchev–Trinajstić information content (AvgIpc) is 4.20. The molecule has 0 unspecified atom stereocenters. The zero-order valence-electron chi connectivity index (χ0n) is 43.8. The zero-order chi connectivity index (χ0) is 54.3. The Labute approximate surface area is 453 Å². The van der Waals surface area contributed by atoms with Gasteiger partial charge < -0.3 is 53.4 Å². The Hall–Kier alpha value is -7.27. The first kappa shape index (κ1) is 54.5. The monoisotopic (exact) mass is 1120 g/mol. The molecule has 402 valence electrons. The van der Waals surface area contributed by atoms with E-state index in [-0.39, 0.29) is 48.3 Å². The van der Waals surface area contributed by atoms with Gasteiger partial charge in [-0.3, -0.25) is 0 Å². The number of rotatable bonds is 10. The first-order valence-electron chi connectivity index (χ1n) is 25.3. The average molecular weight is 1120 g/mol. The molecule has 8 aromatic rings. The number of amides is 1. The molecular weight excluding hydrogens is 1060 g/mol. The quantitative estimate of drug-likeness (QED) is 0.109. The number of hydrogen-bond acceptors (Lipinski definition) is 17. The van der Waals surface area contributed by atoms with Crippen molar-refractivity contribution in [2.24, 2.45) is 0 Å². The van der Waals surface area contributed by atoms with Gasteiger partial charge in [0.05, 0.1) is 39.1 Å². The first-order chi connectivity index (χ1) is 36.8. The summed E-state index contributed by atoms with van der Waals surface area (Å²) in [5.74, 6) is 1.50. The topological polar surface area (TPSA) is 206 Å². The summed E-state index contributed by atoms with van der Waals surface area (Å²) in [4.78, 5) is 31.8. The molecule has 4 aromatic heterocycles. The molecular formula is C55H60BBrF2N10O8. The standard InChI is InChI=1S/C24H26BrFN4O3.C22H20FN5O2.C9H14BNO3/c1-24(2,3)33-23(31)30-9-7-18(8-10-30)32-21-13-20-15(11-19(21)25)14-27-22(29-20)28-17-6-4-5-16(26)12-17;23-16-2-1-3-17(9-16)27-22-25-11-14-8-19(15-12-26-29-13-15)21(10-20(14)28-22)30-18-4-6-24-7-5-18;1-8(2)9(3,4)14-10(13-8)7-5-11-12-6-7/h4-6,11-14,18H,7-10H2,1-3H3,(H,27,28,29);1-3,8-13,18,24H,4-7H2,(H,25,27,28);5-6H,1-4H3. The molecule has 0 atom stereocenters. The van der Waals surface area contributed by atoms with Gasteiger partial charge in [0.1, 0.15) is 53.5 Å². The molecule has 0 bridgehead atoms. The van der Waals surface area contributed by atoms with E-state index in [1.165, 1.54) is 24.3 Å². The molecule has 0 spiro atoms. The third-order valence-corrected chi connectivity index (χ3v) is 13.8. The van der Waals surface area contributed by atoms with E-state index in [1.54, 1.807) is 66.5 Å². The lowest BCUT2D eigenvalue weighted by molar-refractivity contribution is 0.00578. The van der Waals surface area contributed by atoms with Gasteiger partial charge in [-0.25, -0.2) is 33.5 Å². The maximum Gasteiger partial charge on any atom is 0.499 e. The first-order valence-corrected chi connectivity index (χ1v) is 26.1. The normalized spacial score (nSPS) is 16.5. The van der Waals surface area contributed by atoms with E-state index in [9.17, 15) is 13.6 Å². The van der Waals surface area contributed by atoms with Gasteiger partial charge in [0.25, 0.3) is 0 Å². The predicted octanol–water partition coefficient (Wildman–Crippen LogP) is 11.3. The van der Waals surface area contributed by atoms with Crippen LogP contribution in [0.4, 0.5) is 36.8 Å². The van der Waals surface area contributed by atoms with Crippen LogP contribution < -0.4 is 30.9 Å². The minimum absolute atomic E-state index is 0.0239. The number of anilines is 4. The van der Waals surface area contributed by atoms with Gasteiger partial charge in [-0.15, -0.1) is 0 Å². The van der Waals surface area contributed by atoms with Crippen LogP contribution in [0, 0.1) is 11.6 Å². The molecule has 3 fully saturated rings. The fraction of sp³-hybridized carbons (Fsp3) is 0.364. The van der Waals surface area contributed by atoms with Crippen molar-refractivity contribution in [1.82, 2.24) is 40.5 Å². The third-order valence-electron chi connectivity index (χ3n) is 13.2. The molecule has 3 aliphatic rings. The van der Waals surface area contributed by atoms with Crippen molar-refractivity contribution in [2.75, 3.05) is 36.8 Å². The number of likely N-dealkylation sites (tertiary alicyclic amines) is 1. The molecule has 4 aromatic carbocycles. The third kappa shape index (κ3) is 14.2. The molecule has 11 rings (SSSR count). The fourth-order valence-corrected chi connectivity index (χ4v) is 8.87. The number of halogens is 3. The van der Waals surface area contributed by atoms with Crippen LogP contribution in [-0.4, -0.2) is 104 Å². The maximum absolute atomic E-state index is 13.5. The highest BCUT2D eigenvalue weighted by molar-refractivity contribution is 9.10. The SMILES string of the molecule is CC(C)(C)OC(=O)N1CCC(Oc2cc3nc(Nc4cccc(F)c4)ncc3cc2Br)CC1.CC1(C)OB(c2cnoc2)OC1(C)C.Fc1cccc(Nc2ncc3cc(-c4cnoc4)c(OC4CCNCC4)cc3n2)c1. The van der Waals surface area contributed by atoms with Gasteiger partial charge in [-0.1, -0.05) is 22.4 Å². The van der Waals surface area contributed by atoms with Gasteiger partial charge >= 0.3 is 13.2 Å². The lowest BCUT2D eigenvalue weighted by Crippen LogP contribution is -2.44. The van der Waals surface area contributed by atoms with E-state index in [0.29, 0.717) is 60.5 Å². The molecule has 22 heteroatoms. The second-order valence-electron chi connectivity index (χ2n) is 20.7. The van der Waals surface area contributed by atoms with Crippen LogP contribution in [0.2, 0.25) is 0 Å². The number of carbonyl (C=O) groups excluding carboxylic acids is 1. The molecule has 0 radical (unpaired) electrons. The molecule has 1 amide bonds. The van der Waals surface area contributed by atoms with Crippen molar-refractivity contribution in [3.05, 3.63) is 126 Å². The summed E-state index contributed by atoms with van der Waals surface area (Å²) >= 11 is 3.57. The minimum atomic E-state index is -0.509. The highest BCUT2D eigenvalue weighted by Crippen LogP contribution is 2.38. The van der Waals surface area contributed by atoms with Gasteiger partial charge in [0.15, 0.2) is 0 Å². The number of hydrogen-bond donors (Lipinski definition) is 3. The second-order valence-corrected chi connectivity index (χ2v) is 21.6. The van der Waals surface area contributed by atoms with E-state index in [1.807, 2.05) is 72.7 Å². The van der Waals surface area contributed by atoms with Crippen LogP contribution in [0.5, 0.6) is 11.5 Å². The Morgan fingerprint density at radius 3 is 1.82 bits per heavy atom. The Kier molecular flexibility index (Phi) is 16.7. The summed E-state index contributed by atoms with van der Waals surface area (Å²) < 4.78 is 67.1. The van der Waals surface area contributed by atoms with E-state index in [0.717, 1.165) is 69.0 Å². The predicted molar refractivity (Wildman–Crippen MR) is 292 cm³/mol. The van der Waals surface area contributed by atoms with Crippen LogP contribution in [-0.2, 0) is 14.0 Å². The lowest BCUT2D eigenvalue weighted by Gasteiger charge is -2.33. The van der Waals surface area contributed by atoms with Crippen molar-refractivity contribution in [3.63, 3.8) is 0 Å². The van der Waals surface area contributed by atoms with Crippen LogP contribution in [0.15, 0.2) is 124 Å². The zero-order valence-corrected chi connectivity index (χ0v) is 45.4. The highest BCUT2D eigenvalue weighted by atomic mass is 79.9. The van der Waals surface area contributed by atoms with E-state index >= 15 is 0 Å². The van der Waals surface area contributed by atoms with Crippen molar-refractivity contribution >= 4 is 79.7 Å². The number of fused-ring (bicyclic) bond motifs is 2. The molecule has 3 aliphatic heterocycles. The molecule has 3 N–H and O–H groups in total. The van der Waals surface area contributed by atoms with Crippen molar-refractivity contribution in [2.45, 2.75) is 103 Å². The minimum Gasteiger partial charge on any atom is -0.490 e. The summed E-state index contributed by atoms with van der Waals surface area (Å²) in [6.07, 6.45) is 13.0. The Morgan fingerprint density at radius 1 is 0.727 bits per heavy atom. The number of benzene rings is 4. The summed E-state index contributed by atoms with van der Waals surface area (Å²) in [6, 6.07) is 20.0. The molecule has 18 nitrogen and oxygen atoms in total. The smallest absolute Gasteiger partial charge is 0.490 e. The van der Waals surface area contributed by atoms with Crippen LogP contribution in [0.25, 0.3) is 32.9 Å². The summed E-state index contributed by atoms with van der Waals surface area (Å²) in [5, 5.41) is 18.6. The second kappa shape index (κ2) is 23.5. The fourth-order valence-electron chi connectivity index (χ4n) is 8.42. The largest absolute Gasteiger partial charge is 0.499 e. The Balaban J connectivity index is 0.000000151. The van der Waals surface area contributed by atoms with Gasteiger partial charge in [0.2, 0.25) is 11.9 Å². The number of aromatic nitrogens is 6. The molecule has 0 aliphatic carbocycles. The molecule has 0 saturated carbocycles. The van der Waals surface area contributed by atoms with Crippen LogP contribution >= 0.6 is 15.9 Å². The van der Waals surface area contributed by atoms with E-state index < -0.39 is 5.60 Å². The summed E-state index contributed by atoms with van der Waals surface area (Å²) in [6.45, 7) is 16.7. The van der Waals surface area contributed by atoms with E-state index in [4.69, 9.17) is 32.6 Å². The van der Waals surface area contributed by atoms with Crippen LogP contribution in [0.3, 0.4) is 0 Å². The maximum atomic E-state index is 13.5. The van der Waals surface area contributed by atoms with Crippen LogP contribution in [0.1, 0.15) is 74.1 Å². The van der Waals surface area contributed by atoms with Crippen molar-refractivity contribution in [1.29, 1.82) is 0 Å². The molecule has 77 heavy (non-hydrogen) atoms. The Morgan fingerprint density at radius 2 is 1.27 bits per heavy atom. The Bertz CT molecular complexity index is 3270. The van der Waals surface area contributed by atoms with E-state index in [2.05, 4.69) is 62.1 Å². The number of nitrogens with one attached hydrogen (secondary N) is 3. The van der Waals surface area contributed by atoms with Crippen molar-refractivity contribution in [3.8, 4) is 22.6 Å². The summed E-state index contributed by atoms with van der Waals surface area (Å²) in [7, 11) is -0.369. The number of carbonyl (C=O) groups is 1. The van der Waals surface area contributed by atoms with Gasteiger partial charge in [-0.2, -0.15) is 0 Å². The summed E-state index contributed by atoms with van der Waals surface area (Å²) in [5.41, 5.74) is 4.00. The molecule has 7 heterocycles. The van der Waals surface area contributed by atoms with Gasteiger partial charge in [-0.05, 0) is 139 Å². The highest BCUT2D eigenvalue weighted by Gasteiger charge is 2.52. The molecule has 3 saturated heterocycles. The lowest BCUT2D eigenvalue weighted by atomic mass is 9.82. The van der Waals surface area contributed by atoms with Crippen molar-refractivity contribution < 1.29 is 46.1 Å². The number of nitrogens with zero attached hydrogens (tertiary/aromatic N) is 7. The van der Waals surface area contributed by atoms with Gasteiger partial charge in [0, 0.05) is 89.2 Å². The number of ether oxygens (including phenoxy) is 3. The number of piperidine rings is 2.